The molecule has 2 rings (SSSR count). The number of methoxy groups -OCH3 is 1. The van der Waals surface area contributed by atoms with Crippen LogP contribution in [-0.4, -0.2) is 23.9 Å². The Balaban J connectivity index is 1.80. The van der Waals surface area contributed by atoms with E-state index in [0.29, 0.717) is 0 Å². The molecular formula is C16H23N3O. The Morgan fingerprint density at radius 2 is 2.15 bits per heavy atom. The van der Waals surface area contributed by atoms with E-state index in [2.05, 4.69) is 35.4 Å². The van der Waals surface area contributed by atoms with Gasteiger partial charge in [0.2, 0.25) is 0 Å². The summed E-state index contributed by atoms with van der Waals surface area (Å²) in [7, 11) is 1.72. The van der Waals surface area contributed by atoms with Crippen molar-refractivity contribution in [2.45, 2.75) is 32.7 Å². The maximum atomic E-state index is 5.40. The molecular weight excluding hydrogens is 250 g/mol. The Morgan fingerprint density at radius 3 is 2.85 bits per heavy atom. The molecule has 0 spiro atoms. The number of nitrogens with one attached hydrogen (secondary N) is 2. The molecule has 4 nitrogen and oxygen atoms in total. The van der Waals surface area contributed by atoms with Crippen LogP contribution in [0.3, 0.4) is 0 Å². The summed E-state index contributed by atoms with van der Waals surface area (Å²) in [6, 6.07) is 8.44. The number of ether oxygens (including phenoxy) is 1. The van der Waals surface area contributed by atoms with Crippen molar-refractivity contribution in [2.75, 3.05) is 13.7 Å². The first-order valence-corrected chi connectivity index (χ1v) is 7.07. The van der Waals surface area contributed by atoms with Crippen LogP contribution < -0.4 is 10.1 Å². The van der Waals surface area contributed by atoms with Crippen molar-refractivity contribution in [3.8, 4) is 5.75 Å². The maximum Gasteiger partial charge on any atom is 0.123 e. The number of benzene rings is 1. The van der Waals surface area contributed by atoms with Crippen molar-refractivity contribution in [3.05, 3.63) is 47.3 Å². The van der Waals surface area contributed by atoms with Crippen molar-refractivity contribution in [1.82, 2.24) is 15.5 Å². The Morgan fingerprint density at radius 1 is 1.35 bits per heavy atom. The Labute approximate surface area is 120 Å². The second kappa shape index (κ2) is 7.10. The fourth-order valence-electron chi connectivity index (χ4n) is 2.36. The number of H-pyrrole nitrogens is 1. The normalized spacial score (nSPS) is 12.3. The summed E-state index contributed by atoms with van der Waals surface area (Å²) < 4.78 is 5.40. The second-order valence-electron chi connectivity index (χ2n) is 5.04. The van der Waals surface area contributed by atoms with Gasteiger partial charge in [0.05, 0.1) is 13.3 Å². The summed E-state index contributed by atoms with van der Waals surface area (Å²) in [5.74, 6) is 0.943. The minimum Gasteiger partial charge on any atom is -0.496 e. The third kappa shape index (κ3) is 3.61. The molecule has 0 bridgehead atoms. The van der Waals surface area contributed by atoms with E-state index in [1.165, 1.54) is 16.8 Å². The molecule has 0 amide bonds. The minimum absolute atomic E-state index is 0.289. The summed E-state index contributed by atoms with van der Waals surface area (Å²) in [6.07, 6.45) is 4.06. The van der Waals surface area contributed by atoms with Crippen LogP contribution >= 0.6 is 0 Å². The maximum absolute atomic E-state index is 5.40. The fourth-order valence-corrected chi connectivity index (χ4v) is 2.36. The van der Waals surface area contributed by atoms with E-state index in [1.54, 1.807) is 7.11 Å². The third-order valence-electron chi connectivity index (χ3n) is 3.61. The average Bonchev–Trinajstić information content (AvgIpc) is 2.88. The van der Waals surface area contributed by atoms with Gasteiger partial charge in [-0.15, -0.1) is 0 Å². The molecule has 0 fully saturated rings. The van der Waals surface area contributed by atoms with Gasteiger partial charge in [-0.25, -0.2) is 0 Å². The van der Waals surface area contributed by atoms with Gasteiger partial charge in [-0.1, -0.05) is 18.2 Å². The third-order valence-corrected chi connectivity index (χ3v) is 3.61. The quantitative estimate of drug-likeness (QED) is 0.762. The van der Waals surface area contributed by atoms with Crippen LogP contribution in [0.1, 0.15) is 36.2 Å². The monoisotopic (exact) mass is 273 g/mol. The van der Waals surface area contributed by atoms with Crippen LogP contribution in [0.5, 0.6) is 5.75 Å². The zero-order valence-corrected chi connectivity index (χ0v) is 12.4. The molecule has 1 unspecified atom stereocenters. The van der Waals surface area contributed by atoms with Crippen LogP contribution in [-0.2, 0) is 6.42 Å². The predicted octanol–water partition coefficient (Wildman–Crippen LogP) is 3.01. The van der Waals surface area contributed by atoms with Crippen LogP contribution in [0.2, 0.25) is 0 Å². The van der Waals surface area contributed by atoms with E-state index in [-0.39, 0.29) is 6.04 Å². The summed E-state index contributed by atoms with van der Waals surface area (Å²) in [5.41, 5.74) is 3.68. The Kier molecular flexibility index (Phi) is 5.18. The summed E-state index contributed by atoms with van der Waals surface area (Å²) in [4.78, 5) is 0. The molecule has 4 heteroatoms. The number of aryl methyl sites for hydroxylation is 2. The zero-order chi connectivity index (χ0) is 14.4. The smallest absolute Gasteiger partial charge is 0.123 e. The summed E-state index contributed by atoms with van der Waals surface area (Å²) in [5, 5.41) is 10.6. The van der Waals surface area contributed by atoms with Crippen molar-refractivity contribution < 1.29 is 4.74 Å². The summed E-state index contributed by atoms with van der Waals surface area (Å²) in [6.45, 7) is 5.21. The molecule has 0 aliphatic heterocycles. The molecule has 1 aromatic carbocycles. The van der Waals surface area contributed by atoms with Crippen LogP contribution in [0, 0.1) is 6.92 Å². The van der Waals surface area contributed by atoms with Crippen molar-refractivity contribution in [2.24, 2.45) is 0 Å². The van der Waals surface area contributed by atoms with E-state index in [0.717, 1.165) is 25.1 Å². The van der Waals surface area contributed by atoms with Crippen molar-refractivity contribution in [3.63, 3.8) is 0 Å². The molecule has 1 heterocycles. The predicted molar refractivity (Wildman–Crippen MR) is 81.1 cm³/mol. The van der Waals surface area contributed by atoms with Gasteiger partial charge in [0, 0.05) is 17.3 Å². The van der Waals surface area contributed by atoms with E-state index in [1.807, 2.05) is 24.4 Å². The molecule has 2 N–H and O–H groups in total. The first-order chi connectivity index (χ1) is 9.72. The second-order valence-corrected chi connectivity index (χ2v) is 5.04. The fraction of sp³-hybridized carbons (Fsp3) is 0.438. The lowest BCUT2D eigenvalue weighted by molar-refractivity contribution is 0.401. The van der Waals surface area contributed by atoms with Gasteiger partial charge in [-0.3, -0.25) is 5.10 Å². The molecule has 0 aliphatic rings. The number of hydrogen-bond acceptors (Lipinski definition) is 3. The van der Waals surface area contributed by atoms with Crippen LogP contribution in [0.25, 0.3) is 0 Å². The standard InChI is InChI=1S/C16H23N3O/c1-12-14(11-18-19-12)7-6-10-17-13(2)15-8-4-5-9-16(15)20-3/h4-5,8-9,11,13,17H,6-7,10H2,1-3H3,(H,18,19). The van der Waals surface area contributed by atoms with Gasteiger partial charge in [0.1, 0.15) is 5.75 Å². The number of hydrogen-bond donors (Lipinski definition) is 2. The first kappa shape index (κ1) is 14.6. The largest absolute Gasteiger partial charge is 0.496 e. The zero-order valence-electron chi connectivity index (χ0n) is 12.4. The van der Waals surface area contributed by atoms with Gasteiger partial charge in [0.25, 0.3) is 0 Å². The first-order valence-electron chi connectivity index (χ1n) is 7.07. The highest BCUT2D eigenvalue weighted by molar-refractivity contribution is 5.35. The molecule has 0 saturated heterocycles. The lowest BCUT2D eigenvalue weighted by atomic mass is 10.1. The Hall–Kier alpha value is -1.81. The number of aromatic amines is 1. The topological polar surface area (TPSA) is 49.9 Å². The molecule has 20 heavy (non-hydrogen) atoms. The highest BCUT2D eigenvalue weighted by Crippen LogP contribution is 2.24. The molecule has 0 aliphatic carbocycles. The highest BCUT2D eigenvalue weighted by atomic mass is 16.5. The number of rotatable bonds is 7. The van der Waals surface area contributed by atoms with Gasteiger partial charge >= 0.3 is 0 Å². The van der Waals surface area contributed by atoms with Gasteiger partial charge in [-0.2, -0.15) is 5.10 Å². The number of para-hydroxylation sites is 1. The Bertz CT molecular complexity index is 536. The molecule has 0 radical (unpaired) electrons. The summed E-state index contributed by atoms with van der Waals surface area (Å²) >= 11 is 0. The van der Waals surface area contributed by atoms with Crippen LogP contribution in [0.4, 0.5) is 0 Å². The lowest BCUT2D eigenvalue weighted by Crippen LogP contribution is -2.20. The molecule has 0 saturated carbocycles. The molecule has 2 aromatic rings. The number of aromatic nitrogens is 2. The molecule has 1 atom stereocenters. The molecule has 1 aromatic heterocycles. The van der Waals surface area contributed by atoms with Crippen LogP contribution in [0.15, 0.2) is 30.5 Å². The minimum atomic E-state index is 0.289. The van der Waals surface area contributed by atoms with Crippen molar-refractivity contribution in [1.29, 1.82) is 0 Å². The van der Waals surface area contributed by atoms with Gasteiger partial charge < -0.3 is 10.1 Å². The average molecular weight is 273 g/mol. The molecule has 108 valence electrons. The number of nitrogens with zero attached hydrogens (tertiary/aromatic N) is 1. The lowest BCUT2D eigenvalue weighted by Gasteiger charge is -2.17. The SMILES string of the molecule is COc1ccccc1C(C)NCCCc1cn[nH]c1C. The highest BCUT2D eigenvalue weighted by Gasteiger charge is 2.09. The van der Waals surface area contributed by atoms with E-state index >= 15 is 0 Å². The van der Waals surface area contributed by atoms with E-state index in [9.17, 15) is 0 Å². The van der Waals surface area contributed by atoms with Crippen molar-refractivity contribution >= 4 is 0 Å². The van der Waals surface area contributed by atoms with Gasteiger partial charge in [0.15, 0.2) is 0 Å². The van der Waals surface area contributed by atoms with Gasteiger partial charge in [-0.05, 0) is 44.9 Å². The van der Waals surface area contributed by atoms with E-state index in [4.69, 9.17) is 4.74 Å². The van der Waals surface area contributed by atoms with E-state index < -0.39 is 0 Å².